The van der Waals surface area contributed by atoms with Crippen LogP contribution in [-0.4, -0.2) is 53.6 Å². The third-order valence-electron chi connectivity index (χ3n) is 5.33. The van der Waals surface area contributed by atoms with E-state index >= 15 is 0 Å². The lowest BCUT2D eigenvalue weighted by Crippen LogP contribution is -2.50. The van der Waals surface area contributed by atoms with Gasteiger partial charge in [0.2, 0.25) is 0 Å². The smallest absolute Gasteiger partial charge is 0.260 e. The average molecular weight is 390 g/mol. The number of amides is 1. The number of hydrogen-bond donors (Lipinski definition) is 0. The fraction of sp³-hybridized carbons (Fsp3) is 0.348. The van der Waals surface area contributed by atoms with Crippen LogP contribution < -0.4 is 9.64 Å². The second-order valence-electron chi connectivity index (χ2n) is 7.55. The Kier molecular flexibility index (Phi) is 5.34. The summed E-state index contributed by atoms with van der Waals surface area (Å²) in [6, 6.07) is 13.9. The number of fused-ring (bicyclic) bond motifs is 1. The van der Waals surface area contributed by atoms with Crippen molar-refractivity contribution < 1.29 is 9.53 Å². The number of ether oxygens (including phenoxy) is 1. The van der Waals surface area contributed by atoms with Gasteiger partial charge in [0, 0.05) is 26.2 Å². The minimum Gasteiger partial charge on any atom is -0.484 e. The molecule has 1 saturated heterocycles. The van der Waals surface area contributed by atoms with Gasteiger partial charge < -0.3 is 14.5 Å². The first-order valence-corrected chi connectivity index (χ1v) is 9.97. The molecule has 6 heteroatoms. The molecular weight excluding hydrogens is 364 g/mol. The number of rotatable bonds is 4. The van der Waals surface area contributed by atoms with Crippen molar-refractivity contribution in [2.75, 3.05) is 37.7 Å². The van der Waals surface area contributed by atoms with E-state index < -0.39 is 0 Å². The highest BCUT2D eigenvalue weighted by Gasteiger charge is 2.24. The van der Waals surface area contributed by atoms with Crippen molar-refractivity contribution in [2.24, 2.45) is 0 Å². The molecule has 150 valence electrons. The molecule has 0 N–H and O–H groups in total. The van der Waals surface area contributed by atoms with Crippen LogP contribution >= 0.6 is 0 Å². The van der Waals surface area contributed by atoms with Gasteiger partial charge in [-0.3, -0.25) is 4.79 Å². The van der Waals surface area contributed by atoms with Gasteiger partial charge in [-0.15, -0.1) is 0 Å². The fourth-order valence-electron chi connectivity index (χ4n) is 3.74. The lowest BCUT2D eigenvalue weighted by atomic mass is 10.1. The molecule has 0 unspecified atom stereocenters. The van der Waals surface area contributed by atoms with Crippen molar-refractivity contribution in [2.45, 2.75) is 20.8 Å². The molecular formula is C23H26N4O2. The molecule has 0 aliphatic carbocycles. The lowest BCUT2D eigenvalue weighted by Gasteiger charge is -2.35. The van der Waals surface area contributed by atoms with Gasteiger partial charge in [-0.2, -0.15) is 0 Å². The number of aryl methyl sites for hydroxylation is 3. The van der Waals surface area contributed by atoms with E-state index in [1.165, 1.54) is 5.56 Å². The van der Waals surface area contributed by atoms with Crippen molar-refractivity contribution in [3.05, 3.63) is 59.3 Å². The first kappa shape index (κ1) is 19.2. The van der Waals surface area contributed by atoms with Crippen molar-refractivity contribution in [3.63, 3.8) is 0 Å². The SMILES string of the molecule is Cc1ccc(OCC(=O)N2CCN(c3nc4ccccc4nc3C)CC2)c(C)c1. The van der Waals surface area contributed by atoms with Crippen LogP contribution in [0.25, 0.3) is 11.0 Å². The molecule has 1 aliphatic rings. The second-order valence-corrected chi connectivity index (χ2v) is 7.55. The number of nitrogens with zero attached hydrogens (tertiary/aromatic N) is 4. The quantitative estimate of drug-likeness (QED) is 0.684. The maximum atomic E-state index is 12.6. The van der Waals surface area contributed by atoms with E-state index in [0.717, 1.165) is 46.9 Å². The zero-order valence-corrected chi connectivity index (χ0v) is 17.2. The standard InChI is InChI=1S/C23H26N4O2/c1-16-8-9-21(17(2)14-16)29-15-22(28)26-10-12-27(13-11-26)23-18(3)24-19-6-4-5-7-20(19)25-23/h4-9,14H,10-13,15H2,1-3H3. The average Bonchev–Trinajstić information content (AvgIpc) is 2.72. The number of anilines is 1. The lowest BCUT2D eigenvalue weighted by molar-refractivity contribution is -0.133. The van der Waals surface area contributed by atoms with E-state index in [2.05, 4.69) is 16.0 Å². The van der Waals surface area contributed by atoms with Crippen LogP contribution in [0.5, 0.6) is 5.75 Å². The van der Waals surface area contributed by atoms with Crippen LogP contribution in [0.2, 0.25) is 0 Å². The molecule has 1 amide bonds. The number of carbonyl (C=O) groups is 1. The third kappa shape index (κ3) is 4.16. The zero-order valence-electron chi connectivity index (χ0n) is 17.2. The summed E-state index contributed by atoms with van der Waals surface area (Å²) in [4.78, 5) is 26.1. The van der Waals surface area contributed by atoms with Gasteiger partial charge in [0.1, 0.15) is 5.75 Å². The summed E-state index contributed by atoms with van der Waals surface area (Å²) in [7, 11) is 0. The molecule has 1 aromatic heterocycles. The molecule has 29 heavy (non-hydrogen) atoms. The van der Waals surface area contributed by atoms with Crippen LogP contribution in [0.3, 0.4) is 0 Å². The summed E-state index contributed by atoms with van der Waals surface area (Å²) >= 11 is 0. The van der Waals surface area contributed by atoms with Gasteiger partial charge in [-0.05, 0) is 44.5 Å². The van der Waals surface area contributed by atoms with Crippen LogP contribution in [-0.2, 0) is 4.79 Å². The molecule has 3 aromatic rings. The summed E-state index contributed by atoms with van der Waals surface area (Å²) in [5.41, 5.74) is 4.96. The Bertz CT molecular complexity index is 1040. The molecule has 2 heterocycles. The monoisotopic (exact) mass is 390 g/mol. The molecule has 1 aliphatic heterocycles. The molecule has 0 saturated carbocycles. The van der Waals surface area contributed by atoms with Crippen molar-refractivity contribution in [1.29, 1.82) is 0 Å². The first-order chi connectivity index (χ1) is 14.0. The molecule has 0 spiro atoms. The summed E-state index contributed by atoms with van der Waals surface area (Å²) in [5.74, 6) is 1.69. The van der Waals surface area contributed by atoms with E-state index in [0.29, 0.717) is 13.1 Å². The molecule has 6 nitrogen and oxygen atoms in total. The Morgan fingerprint density at radius 1 is 0.966 bits per heavy atom. The Morgan fingerprint density at radius 3 is 2.34 bits per heavy atom. The molecule has 1 fully saturated rings. The number of carbonyl (C=O) groups excluding carboxylic acids is 1. The maximum absolute atomic E-state index is 12.6. The predicted octanol–water partition coefficient (Wildman–Crippen LogP) is 3.28. The Morgan fingerprint density at radius 2 is 1.66 bits per heavy atom. The molecule has 2 aromatic carbocycles. The number of hydrogen-bond acceptors (Lipinski definition) is 5. The van der Waals surface area contributed by atoms with Gasteiger partial charge in [0.05, 0.1) is 16.7 Å². The zero-order chi connectivity index (χ0) is 20.4. The van der Waals surface area contributed by atoms with E-state index in [4.69, 9.17) is 9.72 Å². The van der Waals surface area contributed by atoms with Gasteiger partial charge in [0.25, 0.3) is 5.91 Å². The Hall–Kier alpha value is -3.15. The highest BCUT2D eigenvalue weighted by Crippen LogP contribution is 2.22. The van der Waals surface area contributed by atoms with E-state index in [1.54, 1.807) is 0 Å². The number of aromatic nitrogens is 2. The predicted molar refractivity (Wildman–Crippen MR) is 114 cm³/mol. The Labute approximate surface area is 171 Å². The number of benzene rings is 2. The second kappa shape index (κ2) is 8.07. The van der Waals surface area contributed by atoms with E-state index in [-0.39, 0.29) is 12.5 Å². The van der Waals surface area contributed by atoms with Crippen LogP contribution in [0.1, 0.15) is 16.8 Å². The fourth-order valence-corrected chi connectivity index (χ4v) is 3.74. The van der Waals surface area contributed by atoms with Crippen molar-refractivity contribution >= 4 is 22.8 Å². The van der Waals surface area contributed by atoms with E-state index in [1.807, 2.05) is 62.1 Å². The third-order valence-corrected chi connectivity index (χ3v) is 5.33. The van der Waals surface area contributed by atoms with E-state index in [9.17, 15) is 4.79 Å². The number of para-hydroxylation sites is 2. The number of piperazine rings is 1. The van der Waals surface area contributed by atoms with Crippen LogP contribution in [0.4, 0.5) is 5.82 Å². The highest BCUT2D eigenvalue weighted by molar-refractivity contribution is 5.78. The molecule has 0 atom stereocenters. The largest absolute Gasteiger partial charge is 0.484 e. The summed E-state index contributed by atoms with van der Waals surface area (Å²) in [6.45, 7) is 8.89. The van der Waals surface area contributed by atoms with Crippen LogP contribution in [0.15, 0.2) is 42.5 Å². The minimum atomic E-state index is 0.0194. The summed E-state index contributed by atoms with van der Waals surface area (Å²) in [5, 5.41) is 0. The van der Waals surface area contributed by atoms with Gasteiger partial charge in [-0.1, -0.05) is 29.8 Å². The van der Waals surface area contributed by atoms with Crippen LogP contribution in [0, 0.1) is 20.8 Å². The minimum absolute atomic E-state index is 0.0194. The summed E-state index contributed by atoms with van der Waals surface area (Å²) in [6.07, 6.45) is 0. The van der Waals surface area contributed by atoms with Gasteiger partial charge in [0.15, 0.2) is 12.4 Å². The highest BCUT2D eigenvalue weighted by atomic mass is 16.5. The topological polar surface area (TPSA) is 58.6 Å². The van der Waals surface area contributed by atoms with Crippen molar-refractivity contribution in [3.8, 4) is 5.75 Å². The van der Waals surface area contributed by atoms with Gasteiger partial charge in [-0.25, -0.2) is 9.97 Å². The first-order valence-electron chi connectivity index (χ1n) is 9.97. The molecule has 0 bridgehead atoms. The Balaban J connectivity index is 1.36. The molecule has 4 rings (SSSR count). The van der Waals surface area contributed by atoms with Crippen molar-refractivity contribution in [1.82, 2.24) is 14.9 Å². The normalized spacial score (nSPS) is 14.3. The van der Waals surface area contributed by atoms with Gasteiger partial charge >= 0.3 is 0 Å². The molecule has 0 radical (unpaired) electrons. The maximum Gasteiger partial charge on any atom is 0.260 e. The summed E-state index contributed by atoms with van der Waals surface area (Å²) < 4.78 is 5.76.